The number of fused-ring (bicyclic) bond motifs is 1. The topological polar surface area (TPSA) is 90.1 Å². The molecule has 0 spiro atoms. The number of nitrogens with two attached hydrogens (primary N) is 1. The highest BCUT2D eigenvalue weighted by atomic mass is 35.5. The van der Waals surface area contributed by atoms with Crippen LogP contribution in [0.1, 0.15) is 15.9 Å². The van der Waals surface area contributed by atoms with Crippen LogP contribution in [0.15, 0.2) is 11.7 Å². The molecule has 0 aliphatic rings. The van der Waals surface area contributed by atoms with E-state index in [1.165, 1.54) is 24.8 Å². The van der Waals surface area contributed by atoms with Crippen molar-refractivity contribution in [3.63, 3.8) is 0 Å². The van der Waals surface area contributed by atoms with E-state index in [0.29, 0.717) is 27.2 Å². The molecule has 0 bridgehead atoms. The standard InChI is InChI=1S/C15H11Cl3N4O2S/c1-5-7(16)11(9(18)12(24-2)8(5)17)22-15(23)6-3-25-13-10(6)20-4-21-14(13)19/h3-4H,1-2H3,(H,22,23)(H2,19,20,21). The highest BCUT2D eigenvalue weighted by Crippen LogP contribution is 2.46. The molecule has 3 rings (SSSR count). The lowest BCUT2D eigenvalue weighted by atomic mass is 10.2. The summed E-state index contributed by atoms with van der Waals surface area (Å²) in [6.45, 7) is 1.70. The number of anilines is 2. The molecule has 2 aromatic heterocycles. The first kappa shape index (κ1) is 18.0. The molecule has 6 nitrogen and oxygen atoms in total. The molecular formula is C15H11Cl3N4O2S. The molecule has 3 aromatic rings. The summed E-state index contributed by atoms with van der Waals surface area (Å²) in [5.41, 5.74) is 7.36. The summed E-state index contributed by atoms with van der Waals surface area (Å²) >= 11 is 20.0. The molecule has 0 aliphatic heterocycles. The van der Waals surface area contributed by atoms with Crippen molar-refractivity contribution in [3.05, 3.63) is 37.9 Å². The van der Waals surface area contributed by atoms with Gasteiger partial charge in [0.15, 0.2) is 5.75 Å². The van der Waals surface area contributed by atoms with Gasteiger partial charge in [0.2, 0.25) is 0 Å². The number of aromatic nitrogens is 2. The van der Waals surface area contributed by atoms with Crippen LogP contribution >= 0.6 is 46.1 Å². The number of thiophene rings is 1. The highest BCUT2D eigenvalue weighted by molar-refractivity contribution is 7.18. The van der Waals surface area contributed by atoms with Gasteiger partial charge >= 0.3 is 0 Å². The summed E-state index contributed by atoms with van der Waals surface area (Å²) in [5.74, 6) is 0.119. The summed E-state index contributed by atoms with van der Waals surface area (Å²) in [6.07, 6.45) is 1.30. The van der Waals surface area contributed by atoms with Crippen LogP contribution in [0.2, 0.25) is 15.1 Å². The average molecular weight is 418 g/mol. The minimum Gasteiger partial charge on any atom is -0.494 e. The first-order valence-electron chi connectivity index (χ1n) is 6.86. The molecule has 0 aliphatic carbocycles. The third-order valence-electron chi connectivity index (χ3n) is 3.56. The van der Waals surface area contributed by atoms with Crippen molar-refractivity contribution >= 4 is 73.8 Å². The van der Waals surface area contributed by atoms with Crippen LogP contribution in [-0.2, 0) is 0 Å². The van der Waals surface area contributed by atoms with Crippen LogP contribution in [0.4, 0.5) is 11.5 Å². The molecule has 130 valence electrons. The first-order valence-corrected chi connectivity index (χ1v) is 8.88. The molecule has 0 saturated heterocycles. The lowest BCUT2D eigenvalue weighted by Gasteiger charge is -2.16. The quantitative estimate of drug-likeness (QED) is 0.638. The van der Waals surface area contributed by atoms with E-state index in [1.54, 1.807) is 12.3 Å². The second kappa shape index (κ2) is 6.84. The zero-order valence-corrected chi connectivity index (χ0v) is 16.1. The predicted octanol–water partition coefficient (Wildman–Crippen LogP) is 4.80. The van der Waals surface area contributed by atoms with Crippen LogP contribution in [-0.4, -0.2) is 23.0 Å². The number of hydrogen-bond acceptors (Lipinski definition) is 6. The number of amides is 1. The molecule has 0 unspecified atom stereocenters. The minimum absolute atomic E-state index is 0.116. The minimum atomic E-state index is -0.433. The Balaban J connectivity index is 2.07. The maximum atomic E-state index is 12.7. The summed E-state index contributed by atoms with van der Waals surface area (Å²) in [5, 5.41) is 4.98. The number of methoxy groups -OCH3 is 1. The zero-order valence-electron chi connectivity index (χ0n) is 13.0. The Labute approximate surface area is 161 Å². The monoisotopic (exact) mass is 416 g/mol. The van der Waals surface area contributed by atoms with Gasteiger partial charge < -0.3 is 15.8 Å². The fraction of sp³-hybridized carbons (Fsp3) is 0.133. The largest absolute Gasteiger partial charge is 0.494 e. The van der Waals surface area contributed by atoms with Gasteiger partial charge in [-0.15, -0.1) is 11.3 Å². The lowest BCUT2D eigenvalue weighted by molar-refractivity contribution is 0.102. The van der Waals surface area contributed by atoms with E-state index in [0.717, 1.165) is 0 Å². The van der Waals surface area contributed by atoms with Crippen molar-refractivity contribution in [1.29, 1.82) is 0 Å². The predicted molar refractivity (Wildman–Crippen MR) is 103 cm³/mol. The van der Waals surface area contributed by atoms with Gasteiger partial charge in [0.25, 0.3) is 5.91 Å². The van der Waals surface area contributed by atoms with Gasteiger partial charge in [-0.1, -0.05) is 34.8 Å². The maximum absolute atomic E-state index is 12.7. The Bertz CT molecular complexity index is 1010. The smallest absolute Gasteiger partial charge is 0.258 e. The number of halogens is 3. The van der Waals surface area contributed by atoms with Crippen molar-refractivity contribution in [3.8, 4) is 5.75 Å². The van der Waals surface area contributed by atoms with Gasteiger partial charge in [0, 0.05) is 5.38 Å². The Kier molecular flexibility index (Phi) is 4.92. The number of carbonyl (C=O) groups excluding carboxylic acids is 1. The summed E-state index contributed by atoms with van der Waals surface area (Å²) in [7, 11) is 1.43. The first-order chi connectivity index (χ1) is 11.9. The SMILES string of the molecule is COc1c(Cl)c(C)c(Cl)c(NC(=O)c2csc3c(N)ncnc23)c1Cl. The van der Waals surface area contributed by atoms with Gasteiger partial charge in [-0.25, -0.2) is 9.97 Å². The number of benzene rings is 1. The number of ether oxygens (including phenoxy) is 1. The average Bonchev–Trinajstić information content (AvgIpc) is 3.03. The van der Waals surface area contributed by atoms with Crippen molar-refractivity contribution in [2.75, 3.05) is 18.2 Å². The van der Waals surface area contributed by atoms with E-state index >= 15 is 0 Å². The van der Waals surface area contributed by atoms with Crippen molar-refractivity contribution in [2.45, 2.75) is 6.92 Å². The van der Waals surface area contributed by atoms with Gasteiger partial charge in [-0.2, -0.15) is 0 Å². The highest BCUT2D eigenvalue weighted by Gasteiger charge is 2.23. The molecule has 10 heteroatoms. The third-order valence-corrected chi connectivity index (χ3v) is 5.84. The third kappa shape index (κ3) is 2.97. The lowest BCUT2D eigenvalue weighted by Crippen LogP contribution is -2.13. The van der Waals surface area contributed by atoms with E-state index in [2.05, 4.69) is 15.3 Å². The number of hydrogen-bond donors (Lipinski definition) is 2. The molecule has 0 saturated carbocycles. The molecule has 2 heterocycles. The van der Waals surface area contributed by atoms with E-state index in [1.807, 2.05) is 0 Å². The van der Waals surface area contributed by atoms with E-state index in [4.69, 9.17) is 45.3 Å². The molecule has 0 atom stereocenters. The van der Waals surface area contributed by atoms with Gasteiger partial charge in [0.05, 0.1) is 38.6 Å². The fourth-order valence-electron chi connectivity index (χ4n) is 2.26. The Morgan fingerprint density at radius 1 is 1.24 bits per heavy atom. The second-order valence-corrected chi connectivity index (χ2v) is 7.03. The van der Waals surface area contributed by atoms with E-state index < -0.39 is 5.91 Å². The molecule has 25 heavy (non-hydrogen) atoms. The summed E-state index contributed by atoms with van der Waals surface area (Å²) < 4.78 is 5.84. The van der Waals surface area contributed by atoms with E-state index in [9.17, 15) is 4.79 Å². The number of nitrogens with one attached hydrogen (secondary N) is 1. The van der Waals surface area contributed by atoms with Crippen molar-refractivity contribution in [1.82, 2.24) is 9.97 Å². The Morgan fingerprint density at radius 3 is 2.64 bits per heavy atom. The molecule has 0 fully saturated rings. The number of nitrogens with zero attached hydrogens (tertiary/aromatic N) is 2. The van der Waals surface area contributed by atoms with Crippen LogP contribution in [0.5, 0.6) is 5.75 Å². The summed E-state index contributed by atoms with van der Waals surface area (Å²) in [6, 6.07) is 0. The Hall–Kier alpha value is -1.80. The number of nitrogen functional groups attached to an aromatic ring is 1. The van der Waals surface area contributed by atoms with Crippen molar-refractivity contribution in [2.24, 2.45) is 0 Å². The fourth-order valence-corrected chi connectivity index (χ4v) is 4.12. The van der Waals surface area contributed by atoms with Crippen molar-refractivity contribution < 1.29 is 9.53 Å². The molecular weight excluding hydrogens is 407 g/mol. The van der Waals surface area contributed by atoms with Gasteiger partial charge in [-0.3, -0.25) is 4.79 Å². The number of carbonyl (C=O) groups is 1. The molecule has 0 radical (unpaired) electrons. The summed E-state index contributed by atoms with van der Waals surface area (Å²) in [4.78, 5) is 20.7. The zero-order chi connectivity index (χ0) is 18.3. The normalized spacial score (nSPS) is 10.9. The van der Waals surface area contributed by atoms with Gasteiger partial charge in [0.1, 0.15) is 17.2 Å². The Morgan fingerprint density at radius 2 is 1.96 bits per heavy atom. The molecule has 3 N–H and O–H groups in total. The number of rotatable bonds is 3. The molecule has 1 amide bonds. The molecule has 1 aromatic carbocycles. The van der Waals surface area contributed by atoms with Gasteiger partial charge in [-0.05, 0) is 12.5 Å². The van der Waals surface area contributed by atoms with Crippen LogP contribution in [0, 0.1) is 6.92 Å². The van der Waals surface area contributed by atoms with Crippen LogP contribution in [0.25, 0.3) is 10.2 Å². The second-order valence-electron chi connectivity index (χ2n) is 5.02. The maximum Gasteiger partial charge on any atom is 0.258 e. The van der Waals surface area contributed by atoms with Crippen LogP contribution in [0.3, 0.4) is 0 Å². The van der Waals surface area contributed by atoms with E-state index in [-0.39, 0.29) is 26.5 Å². The van der Waals surface area contributed by atoms with Crippen LogP contribution < -0.4 is 15.8 Å².